The first-order valence-electron chi connectivity index (χ1n) is 11.3. The van der Waals surface area contributed by atoms with Crippen LogP contribution in [0.3, 0.4) is 0 Å². The molecule has 0 saturated heterocycles. The summed E-state index contributed by atoms with van der Waals surface area (Å²) in [4.78, 5) is 16.2. The topological polar surface area (TPSA) is 164 Å². The Morgan fingerprint density at radius 1 is 0.935 bits per heavy atom. The molecular weight excluding hydrogens is 394 g/mol. The number of carbonyl (C=O) groups excluding carboxylic acids is 1. The summed E-state index contributed by atoms with van der Waals surface area (Å²) in [6, 6.07) is 7.31. The molecule has 1 aromatic rings. The number of unbranched alkanes of at least 4 members (excludes halogenated alkanes) is 3. The fraction of sp³-hybridized carbons (Fsp3) is 0.636. The predicted octanol–water partition coefficient (Wildman–Crippen LogP) is 0.0896. The van der Waals surface area contributed by atoms with Gasteiger partial charge in [0.15, 0.2) is 5.96 Å². The molecule has 1 aromatic carbocycles. The van der Waals surface area contributed by atoms with Gasteiger partial charge in [0.1, 0.15) is 6.04 Å². The van der Waals surface area contributed by atoms with E-state index < -0.39 is 6.04 Å². The summed E-state index contributed by atoms with van der Waals surface area (Å²) in [5.41, 5.74) is 18.2. The van der Waals surface area contributed by atoms with E-state index >= 15 is 0 Å². The Kier molecular flexibility index (Phi) is 15.1. The maximum absolute atomic E-state index is 12.2. The van der Waals surface area contributed by atoms with E-state index in [2.05, 4.69) is 20.9 Å². The average Bonchev–Trinajstić information content (AvgIpc) is 2.75. The number of aliphatic imine (C=N–C) groups is 1. The monoisotopic (exact) mass is 435 g/mol. The second-order valence-corrected chi connectivity index (χ2v) is 7.59. The van der Waals surface area contributed by atoms with Crippen molar-refractivity contribution < 1.29 is 9.90 Å². The molecule has 0 aliphatic carbocycles. The van der Waals surface area contributed by atoms with Crippen LogP contribution in [-0.4, -0.2) is 62.3 Å². The van der Waals surface area contributed by atoms with Gasteiger partial charge in [-0.3, -0.25) is 4.79 Å². The molecule has 10 N–H and O–H groups in total. The average molecular weight is 436 g/mol. The molecule has 1 rings (SSSR count). The van der Waals surface area contributed by atoms with Crippen LogP contribution in [0.5, 0.6) is 0 Å². The molecule has 0 fully saturated rings. The number of carbonyl (C=O) groups is 1. The van der Waals surface area contributed by atoms with Crippen molar-refractivity contribution in [3.63, 3.8) is 0 Å². The van der Waals surface area contributed by atoms with Crippen molar-refractivity contribution in [2.24, 2.45) is 22.2 Å². The highest BCUT2D eigenvalue weighted by Crippen LogP contribution is 2.14. The van der Waals surface area contributed by atoms with E-state index in [0.29, 0.717) is 19.6 Å². The standard InChI is InChI=1S/C22H41N7O2/c23-12-6-14-26-13-4-5-16-28-21(31)20(17-30)27-15-3-1-2-7-18-8-10-19(11-9-18)29-22(24)25/h8-11,20,26-27,30H,1-7,12-17,23H2,(H,28,31)(H4,24,25,29). The number of hydrogen-bond donors (Lipinski definition) is 7. The largest absolute Gasteiger partial charge is 0.394 e. The first kappa shape index (κ1) is 26.8. The number of aliphatic hydroxyl groups excluding tert-OH is 1. The Hall–Kier alpha value is -2.20. The van der Waals surface area contributed by atoms with Crippen LogP contribution in [0.15, 0.2) is 29.3 Å². The predicted molar refractivity (Wildman–Crippen MR) is 127 cm³/mol. The minimum absolute atomic E-state index is 0.0569. The van der Waals surface area contributed by atoms with Gasteiger partial charge < -0.3 is 38.3 Å². The van der Waals surface area contributed by atoms with Crippen LogP contribution in [0.4, 0.5) is 5.69 Å². The fourth-order valence-corrected chi connectivity index (χ4v) is 3.10. The number of nitrogens with zero attached hydrogens (tertiary/aromatic N) is 1. The number of rotatable bonds is 18. The van der Waals surface area contributed by atoms with Crippen LogP contribution in [0.25, 0.3) is 0 Å². The van der Waals surface area contributed by atoms with Gasteiger partial charge in [-0.05, 0) is 82.4 Å². The summed E-state index contributed by atoms with van der Waals surface area (Å²) in [6.45, 7) is 3.69. The molecule has 9 nitrogen and oxygen atoms in total. The number of hydrogen-bond acceptors (Lipinski definition) is 6. The van der Waals surface area contributed by atoms with E-state index in [9.17, 15) is 9.90 Å². The second kappa shape index (κ2) is 17.5. The smallest absolute Gasteiger partial charge is 0.239 e. The van der Waals surface area contributed by atoms with Gasteiger partial charge in [0, 0.05) is 6.54 Å². The zero-order valence-electron chi connectivity index (χ0n) is 18.6. The maximum atomic E-state index is 12.2. The Bertz CT molecular complexity index is 619. The van der Waals surface area contributed by atoms with Crippen molar-refractivity contribution in [2.45, 2.75) is 51.0 Å². The molecule has 9 heteroatoms. The van der Waals surface area contributed by atoms with Crippen molar-refractivity contribution in [2.75, 3.05) is 39.3 Å². The molecule has 0 saturated carbocycles. The van der Waals surface area contributed by atoms with Gasteiger partial charge in [-0.15, -0.1) is 0 Å². The number of aliphatic hydroxyl groups is 1. The molecule has 0 aliphatic rings. The summed E-state index contributed by atoms with van der Waals surface area (Å²) in [5.74, 6) is -0.0825. The Morgan fingerprint density at radius 3 is 2.29 bits per heavy atom. The summed E-state index contributed by atoms with van der Waals surface area (Å²) < 4.78 is 0. The van der Waals surface area contributed by atoms with Crippen molar-refractivity contribution in [1.82, 2.24) is 16.0 Å². The summed E-state index contributed by atoms with van der Waals surface area (Å²) >= 11 is 0. The molecule has 1 atom stereocenters. The lowest BCUT2D eigenvalue weighted by molar-refractivity contribution is -0.124. The van der Waals surface area contributed by atoms with Crippen LogP contribution >= 0.6 is 0 Å². The van der Waals surface area contributed by atoms with E-state index in [1.54, 1.807) is 0 Å². The lowest BCUT2D eigenvalue weighted by Crippen LogP contribution is -2.47. The highest BCUT2D eigenvalue weighted by atomic mass is 16.3. The quantitative estimate of drug-likeness (QED) is 0.0975. The molecular formula is C22H41N7O2. The van der Waals surface area contributed by atoms with Gasteiger partial charge in [0.2, 0.25) is 5.91 Å². The SMILES string of the molecule is NCCCNCCCCNC(=O)C(CO)NCCCCCc1ccc(N=C(N)N)cc1. The molecule has 0 aromatic heterocycles. The summed E-state index contributed by atoms with van der Waals surface area (Å²) in [6.07, 6.45) is 6.91. The van der Waals surface area contributed by atoms with Crippen LogP contribution in [0, 0.1) is 0 Å². The van der Waals surface area contributed by atoms with E-state index in [-0.39, 0.29) is 18.5 Å². The van der Waals surface area contributed by atoms with Crippen molar-refractivity contribution in [3.8, 4) is 0 Å². The summed E-state index contributed by atoms with van der Waals surface area (Å²) in [7, 11) is 0. The Balaban J connectivity index is 2.08. The van der Waals surface area contributed by atoms with Gasteiger partial charge in [-0.2, -0.15) is 0 Å². The van der Waals surface area contributed by atoms with Crippen molar-refractivity contribution >= 4 is 17.6 Å². The molecule has 1 unspecified atom stereocenters. The van der Waals surface area contributed by atoms with E-state index in [1.807, 2.05) is 24.3 Å². The third-order valence-corrected chi connectivity index (χ3v) is 4.86. The van der Waals surface area contributed by atoms with Gasteiger partial charge in [-0.25, -0.2) is 4.99 Å². The molecule has 176 valence electrons. The molecule has 1 amide bonds. The first-order chi connectivity index (χ1) is 15.1. The highest BCUT2D eigenvalue weighted by Gasteiger charge is 2.15. The molecule has 0 radical (unpaired) electrons. The van der Waals surface area contributed by atoms with E-state index in [1.165, 1.54) is 5.56 Å². The number of benzene rings is 1. The van der Waals surface area contributed by atoms with Crippen molar-refractivity contribution in [3.05, 3.63) is 29.8 Å². The first-order valence-corrected chi connectivity index (χ1v) is 11.3. The number of guanidine groups is 1. The zero-order valence-corrected chi connectivity index (χ0v) is 18.6. The van der Waals surface area contributed by atoms with Crippen LogP contribution in [0.2, 0.25) is 0 Å². The van der Waals surface area contributed by atoms with E-state index in [0.717, 1.165) is 63.7 Å². The van der Waals surface area contributed by atoms with Crippen molar-refractivity contribution in [1.29, 1.82) is 0 Å². The normalized spacial score (nSPS) is 11.8. The fourth-order valence-electron chi connectivity index (χ4n) is 3.10. The van der Waals surface area contributed by atoms with Gasteiger partial charge in [0.05, 0.1) is 12.3 Å². The Labute approximate surface area is 186 Å². The second-order valence-electron chi connectivity index (χ2n) is 7.59. The number of nitrogens with two attached hydrogens (primary N) is 3. The zero-order chi connectivity index (χ0) is 22.7. The van der Waals surface area contributed by atoms with Crippen LogP contribution in [0.1, 0.15) is 44.1 Å². The number of nitrogens with one attached hydrogen (secondary N) is 3. The lowest BCUT2D eigenvalue weighted by Gasteiger charge is -2.16. The lowest BCUT2D eigenvalue weighted by atomic mass is 10.1. The van der Waals surface area contributed by atoms with Gasteiger partial charge >= 0.3 is 0 Å². The minimum atomic E-state index is -0.550. The van der Waals surface area contributed by atoms with Crippen LogP contribution in [-0.2, 0) is 11.2 Å². The third-order valence-electron chi connectivity index (χ3n) is 4.86. The Morgan fingerprint density at radius 2 is 1.61 bits per heavy atom. The third kappa shape index (κ3) is 13.7. The highest BCUT2D eigenvalue weighted by molar-refractivity contribution is 5.81. The molecule has 0 spiro atoms. The maximum Gasteiger partial charge on any atom is 0.239 e. The van der Waals surface area contributed by atoms with Crippen LogP contribution < -0.4 is 33.2 Å². The molecule has 0 aliphatic heterocycles. The molecule has 0 heterocycles. The summed E-state index contributed by atoms with van der Waals surface area (Å²) in [5, 5.41) is 18.8. The number of aryl methyl sites for hydroxylation is 1. The number of amides is 1. The molecule has 0 bridgehead atoms. The van der Waals surface area contributed by atoms with E-state index in [4.69, 9.17) is 17.2 Å². The molecule has 31 heavy (non-hydrogen) atoms. The van der Waals surface area contributed by atoms with Gasteiger partial charge in [-0.1, -0.05) is 18.6 Å². The van der Waals surface area contributed by atoms with Gasteiger partial charge in [0.25, 0.3) is 0 Å². The minimum Gasteiger partial charge on any atom is -0.394 e.